The Morgan fingerprint density at radius 2 is 1.97 bits per heavy atom. The number of esters is 1. The summed E-state index contributed by atoms with van der Waals surface area (Å²) in [5.74, 6) is 1.21. The molecule has 3 aliphatic carbocycles. The maximum atomic E-state index is 12.5. The second kappa shape index (κ2) is 9.07. The highest BCUT2D eigenvalue weighted by molar-refractivity contribution is 7.46. The molecule has 0 aliphatic heterocycles. The summed E-state index contributed by atoms with van der Waals surface area (Å²) in [7, 11) is -4.49. The third-order valence-corrected chi connectivity index (χ3v) is 8.49. The van der Waals surface area contributed by atoms with E-state index in [9.17, 15) is 19.6 Å². The van der Waals surface area contributed by atoms with Gasteiger partial charge < -0.3 is 24.7 Å². The van der Waals surface area contributed by atoms with Crippen molar-refractivity contribution in [2.75, 3.05) is 6.61 Å². The number of aliphatic hydroxyl groups excluding tert-OH is 1. The Bertz CT molecular complexity index is 912. The number of unbranched alkanes of at least 4 members (excludes halogenated alkanes) is 1. The molecule has 5 atom stereocenters. The van der Waals surface area contributed by atoms with Crippen molar-refractivity contribution in [3.05, 3.63) is 23.3 Å². The van der Waals surface area contributed by atoms with Gasteiger partial charge in [0.15, 0.2) is 0 Å². The lowest BCUT2D eigenvalue weighted by atomic mass is 9.55. The molecule has 0 heterocycles. The van der Waals surface area contributed by atoms with E-state index in [4.69, 9.17) is 14.5 Å². The second-order valence-corrected chi connectivity index (χ2v) is 11.1. The fourth-order valence-corrected chi connectivity index (χ4v) is 6.82. The normalized spacial score (nSPS) is 31.5. The summed E-state index contributed by atoms with van der Waals surface area (Å²) in [5, 5.41) is 20.8. The number of phenols is 1. The number of carbonyl (C=O) groups is 1. The van der Waals surface area contributed by atoms with Crippen molar-refractivity contribution in [3.63, 3.8) is 0 Å². The Kier molecular flexibility index (Phi) is 6.72. The van der Waals surface area contributed by atoms with Crippen molar-refractivity contribution in [2.45, 2.75) is 76.7 Å². The van der Waals surface area contributed by atoms with Crippen molar-refractivity contribution >= 4 is 13.8 Å². The maximum absolute atomic E-state index is 12.5. The van der Waals surface area contributed by atoms with Gasteiger partial charge in [0.05, 0.1) is 12.7 Å². The molecule has 3 aliphatic rings. The van der Waals surface area contributed by atoms with Crippen LogP contribution in [0.4, 0.5) is 0 Å². The molecule has 2 fully saturated rings. The first-order chi connectivity index (χ1) is 15.1. The summed E-state index contributed by atoms with van der Waals surface area (Å²) >= 11 is 0. The van der Waals surface area contributed by atoms with Gasteiger partial charge in [0, 0.05) is 18.1 Å². The number of hydrogen-bond donors (Lipinski definition) is 4. The highest BCUT2D eigenvalue weighted by Crippen LogP contribution is 2.62. The zero-order chi connectivity index (χ0) is 23.1. The van der Waals surface area contributed by atoms with E-state index in [2.05, 4.69) is 11.4 Å². The molecular formula is C23H33O8P. The van der Waals surface area contributed by atoms with E-state index in [1.165, 1.54) is 6.07 Å². The Morgan fingerprint density at radius 3 is 2.72 bits per heavy atom. The monoisotopic (exact) mass is 468 g/mol. The molecule has 32 heavy (non-hydrogen) atoms. The maximum Gasteiger partial charge on any atom is 0.469 e. The molecule has 0 bridgehead atoms. The van der Waals surface area contributed by atoms with Gasteiger partial charge in [-0.25, -0.2) is 4.57 Å². The minimum absolute atomic E-state index is 0.0401. The summed E-state index contributed by atoms with van der Waals surface area (Å²) in [6.45, 7) is 2.09. The van der Waals surface area contributed by atoms with Crippen molar-refractivity contribution in [3.8, 4) is 11.5 Å². The zero-order valence-corrected chi connectivity index (χ0v) is 19.3. The number of hydrogen-bond acceptors (Lipinski definition) is 6. The van der Waals surface area contributed by atoms with E-state index < -0.39 is 13.8 Å². The summed E-state index contributed by atoms with van der Waals surface area (Å²) in [4.78, 5) is 29.9. The minimum atomic E-state index is -4.49. The van der Waals surface area contributed by atoms with E-state index in [-0.39, 0.29) is 36.2 Å². The lowest BCUT2D eigenvalue weighted by Crippen LogP contribution is -2.44. The van der Waals surface area contributed by atoms with Crippen LogP contribution >= 0.6 is 7.82 Å². The number of fused-ring (bicyclic) bond motifs is 5. The summed E-state index contributed by atoms with van der Waals surface area (Å²) in [5.41, 5.74) is 2.02. The predicted octanol–water partition coefficient (Wildman–Crippen LogP) is 3.79. The number of aromatic hydroxyl groups is 1. The number of phenolic OH excluding ortho intramolecular Hbond substituents is 1. The van der Waals surface area contributed by atoms with Crippen molar-refractivity contribution < 1.29 is 38.6 Å². The van der Waals surface area contributed by atoms with Crippen LogP contribution < -0.4 is 4.74 Å². The molecule has 0 amide bonds. The number of phosphoric ester groups is 1. The van der Waals surface area contributed by atoms with Gasteiger partial charge in [0.2, 0.25) is 0 Å². The fraction of sp³-hybridized carbons (Fsp3) is 0.696. The first-order valence-electron chi connectivity index (χ1n) is 11.5. The smallest absolute Gasteiger partial charge is 0.469 e. The third-order valence-electron chi connectivity index (χ3n) is 7.98. The van der Waals surface area contributed by atoms with Crippen LogP contribution in [0.2, 0.25) is 0 Å². The highest BCUT2D eigenvalue weighted by Gasteiger charge is 2.54. The first kappa shape index (κ1) is 23.7. The lowest BCUT2D eigenvalue weighted by Gasteiger charge is -2.50. The number of ether oxygens (including phenoxy) is 1. The van der Waals surface area contributed by atoms with Crippen LogP contribution in [-0.4, -0.2) is 38.7 Å². The van der Waals surface area contributed by atoms with Crippen molar-refractivity contribution in [1.29, 1.82) is 0 Å². The molecule has 9 heteroatoms. The van der Waals surface area contributed by atoms with Crippen molar-refractivity contribution in [1.82, 2.24) is 0 Å². The van der Waals surface area contributed by atoms with E-state index in [0.29, 0.717) is 30.4 Å². The van der Waals surface area contributed by atoms with Crippen LogP contribution in [-0.2, 0) is 20.3 Å². The molecule has 178 valence electrons. The molecule has 1 aromatic rings. The average Bonchev–Trinajstić information content (AvgIpc) is 3.01. The van der Waals surface area contributed by atoms with Gasteiger partial charge >= 0.3 is 13.8 Å². The third kappa shape index (κ3) is 4.75. The number of carbonyl (C=O) groups excluding carboxylic acids is 1. The van der Waals surface area contributed by atoms with E-state index >= 15 is 0 Å². The van der Waals surface area contributed by atoms with Gasteiger partial charge in [-0.3, -0.25) is 9.32 Å². The average molecular weight is 468 g/mol. The van der Waals surface area contributed by atoms with Crippen LogP contribution in [0.5, 0.6) is 11.5 Å². The van der Waals surface area contributed by atoms with Gasteiger partial charge in [-0.2, -0.15) is 0 Å². The topological polar surface area (TPSA) is 134 Å². The van der Waals surface area contributed by atoms with Crippen LogP contribution in [0, 0.1) is 17.3 Å². The first-order valence-corrected chi connectivity index (χ1v) is 13.1. The fourth-order valence-electron chi connectivity index (χ4n) is 6.45. The Labute approximate surface area is 188 Å². The van der Waals surface area contributed by atoms with Crippen LogP contribution in [0.3, 0.4) is 0 Å². The number of aryl methyl sites for hydroxylation is 1. The molecule has 0 spiro atoms. The summed E-state index contributed by atoms with van der Waals surface area (Å²) in [6, 6.07) is 3.30. The number of aliphatic hydroxyl groups is 1. The van der Waals surface area contributed by atoms with Crippen molar-refractivity contribution in [2.24, 2.45) is 17.3 Å². The standard InChI is InChI=1S/C23H33O8P/c1-23-10-9-17-16(18(23)7-8-20(23)25)6-5-14-12-15(24)13-19(22(14)17)31-21(26)4-2-3-11-30-32(27,28)29/h12-13,16-18,20,24-25H,2-11H2,1H3,(H2,27,28,29)/t16-,17+,18+,20-,23+/m1/s1. The molecule has 4 rings (SSSR count). The lowest BCUT2D eigenvalue weighted by molar-refractivity contribution is -0.134. The SMILES string of the molecule is C[C@]12CC[C@@H]3c4c(cc(O)cc4OC(=O)CCCCOP(=O)(O)O)CC[C@H]3[C@@H]1CC[C@H]2O. The van der Waals surface area contributed by atoms with Crippen LogP contribution in [0.25, 0.3) is 0 Å². The van der Waals surface area contributed by atoms with Gasteiger partial charge in [0.1, 0.15) is 11.5 Å². The molecular weight excluding hydrogens is 435 g/mol. The number of rotatable bonds is 7. The Balaban J connectivity index is 1.46. The van der Waals surface area contributed by atoms with E-state index in [1.54, 1.807) is 6.07 Å². The van der Waals surface area contributed by atoms with Gasteiger partial charge in [-0.1, -0.05) is 6.92 Å². The number of phosphoric acid groups is 1. The van der Waals surface area contributed by atoms with Gasteiger partial charge in [0.25, 0.3) is 0 Å². The molecule has 0 aromatic heterocycles. The number of benzene rings is 1. The largest absolute Gasteiger partial charge is 0.508 e. The van der Waals surface area contributed by atoms with E-state index in [1.807, 2.05) is 0 Å². The quantitative estimate of drug-likeness (QED) is 0.206. The molecule has 4 N–H and O–H groups in total. The Morgan fingerprint density at radius 1 is 1.19 bits per heavy atom. The summed E-state index contributed by atoms with van der Waals surface area (Å²) in [6.07, 6.45) is 6.12. The molecule has 1 aromatic carbocycles. The molecule has 8 nitrogen and oxygen atoms in total. The van der Waals surface area contributed by atoms with E-state index in [0.717, 1.165) is 49.7 Å². The molecule has 2 saturated carbocycles. The molecule has 0 radical (unpaired) electrons. The summed E-state index contributed by atoms with van der Waals surface area (Å²) < 4.78 is 20.8. The molecule has 0 unspecified atom stereocenters. The zero-order valence-electron chi connectivity index (χ0n) is 18.4. The van der Waals surface area contributed by atoms with Crippen LogP contribution in [0.15, 0.2) is 12.1 Å². The highest BCUT2D eigenvalue weighted by atomic mass is 31.2. The Hall–Kier alpha value is -1.44. The van der Waals surface area contributed by atoms with Crippen LogP contribution in [0.1, 0.15) is 75.3 Å². The predicted molar refractivity (Wildman–Crippen MR) is 116 cm³/mol. The van der Waals surface area contributed by atoms with Gasteiger partial charge in [-0.05, 0) is 86.2 Å². The molecule has 0 saturated heterocycles. The second-order valence-electron chi connectivity index (χ2n) is 9.82. The minimum Gasteiger partial charge on any atom is -0.508 e. The van der Waals surface area contributed by atoms with Gasteiger partial charge in [-0.15, -0.1) is 0 Å².